The molecule has 1 saturated carbocycles. The molecule has 0 aromatic rings. The third kappa shape index (κ3) is 1.76. The predicted octanol–water partition coefficient (Wildman–Crippen LogP) is 1.57. The van der Waals surface area contributed by atoms with E-state index >= 15 is 0 Å². The monoisotopic (exact) mass is 191 g/mol. The molecule has 0 radical (unpaired) electrons. The molecule has 0 aromatic carbocycles. The van der Waals surface area contributed by atoms with Gasteiger partial charge in [-0.15, -0.1) is 12.4 Å². The van der Waals surface area contributed by atoms with E-state index in [-0.39, 0.29) is 12.4 Å². The molecule has 12 heavy (non-hydrogen) atoms. The molecule has 2 N–H and O–H groups in total. The maximum absolute atomic E-state index is 5.76. The number of hydrogen-bond donors (Lipinski definition) is 1. The number of nitrogens with two attached hydrogens (primary N) is 1. The van der Waals surface area contributed by atoms with E-state index < -0.39 is 0 Å². The Morgan fingerprint density at radius 1 is 1.50 bits per heavy atom. The van der Waals surface area contributed by atoms with Crippen LogP contribution in [-0.4, -0.2) is 19.8 Å². The molecule has 3 heteroatoms. The second-order valence-electron chi connectivity index (χ2n) is 4.18. The molecule has 1 heterocycles. The molecule has 2 nitrogen and oxygen atoms in total. The van der Waals surface area contributed by atoms with Crippen molar-refractivity contribution in [2.45, 2.75) is 25.7 Å². The summed E-state index contributed by atoms with van der Waals surface area (Å²) in [7, 11) is 0. The van der Waals surface area contributed by atoms with Gasteiger partial charge < -0.3 is 10.5 Å². The Balaban J connectivity index is 0.000000720. The van der Waals surface area contributed by atoms with Crippen LogP contribution in [0.5, 0.6) is 0 Å². The van der Waals surface area contributed by atoms with E-state index in [0.717, 1.165) is 25.7 Å². The van der Waals surface area contributed by atoms with Crippen molar-refractivity contribution in [1.29, 1.82) is 0 Å². The van der Waals surface area contributed by atoms with Crippen molar-refractivity contribution >= 4 is 12.4 Å². The lowest BCUT2D eigenvalue weighted by Gasteiger charge is -2.44. The maximum atomic E-state index is 5.76. The van der Waals surface area contributed by atoms with E-state index in [4.69, 9.17) is 10.5 Å². The van der Waals surface area contributed by atoms with Crippen molar-refractivity contribution in [2.24, 2.45) is 17.1 Å². The maximum Gasteiger partial charge on any atom is 0.0534 e. The smallest absolute Gasteiger partial charge is 0.0534 e. The van der Waals surface area contributed by atoms with E-state index in [1.54, 1.807) is 0 Å². The summed E-state index contributed by atoms with van der Waals surface area (Å²) in [4.78, 5) is 0. The van der Waals surface area contributed by atoms with E-state index in [1.807, 2.05) is 0 Å². The summed E-state index contributed by atoms with van der Waals surface area (Å²) in [6.45, 7) is 2.73. The average molecular weight is 192 g/mol. The SMILES string of the molecule is Cl.NCC12CCCC(COC1)C2. The van der Waals surface area contributed by atoms with Crippen LogP contribution in [0.25, 0.3) is 0 Å². The molecule has 0 spiro atoms. The van der Waals surface area contributed by atoms with Crippen molar-refractivity contribution in [2.75, 3.05) is 19.8 Å². The molecule has 2 unspecified atom stereocenters. The van der Waals surface area contributed by atoms with E-state index in [2.05, 4.69) is 0 Å². The lowest BCUT2D eigenvalue weighted by atomic mass is 9.69. The van der Waals surface area contributed by atoms with Crippen molar-refractivity contribution < 1.29 is 4.74 Å². The largest absolute Gasteiger partial charge is 0.381 e. The van der Waals surface area contributed by atoms with Crippen molar-refractivity contribution in [3.63, 3.8) is 0 Å². The topological polar surface area (TPSA) is 35.2 Å². The Hall–Kier alpha value is 0.210. The van der Waals surface area contributed by atoms with Gasteiger partial charge in [-0.2, -0.15) is 0 Å². The summed E-state index contributed by atoms with van der Waals surface area (Å²) >= 11 is 0. The van der Waals surface area contributed by atoms with Gasteiger partial charge in [0.05, 0.1) is 6.61 Å². The fraction of sp³-hybridized carbons (Fsp3) is 1.00. The van der Waals surface area contributed by atoms with Gasteiger partial charge in [0.15, 0.2) is 0 Å². The Kier molecular flexibility index (Phi) is 3.38. The Labute approximate surface area is 80.3 Å². The third-order valence-electron chi connectivity index (χ3n) is 3.24. The second-order valence-corrected chi connectivity index (χ2v) is 4.18. The zero-order valence-electron chi connectivity index (χ0n) is 7.42. The molecule has 72 valence electrons. The first-order valence-corrected chi connectivity index (χ1v) is 4.62. The van der Waals surface area contributed by atoms with E-state index in [9.17, 15) is 0 Å². The quantitative estimate of drug-likeness (QED) is 0.683. The standard InChI is InChI=1S/C9H17NO.ClH/c10-6-9-3-1-2-8(4-9)5-11-7-9;/h8H,1-7,10H2;1H. The molecule has 2 rings (SSSR count). The minimum Gasteiger partial charge on any atom is -0.381 e. The van der Waals surface area contributed by atoms with Gasteiger partial charge in [0.25, 0.3) is 0 Å². The number of rotatable bonds is 1. The molecule has 0 aromatic heterocycles. The highest BCUT2D eigenvalue weighted by atomic mass is 35.5. The molecule has 1 aliphatic carbocycles. The van der Waals surface area contributed by atoms with E-state index in [1.165, 1.54) is 25.7 Å². The summed E-state index contributed by atoms with van der Waals surface area (Å²) in [5.74, 6) is 0.820. The zero-order chi connectivity index (χ0) is 7.73. The van der Waals surface area contributed by atoms with Gasteiger partial charge in [0.1, 0.15) is 0 Å². The Morgan fingerprint density at radius 2 is 2.33 bits per heavy atom. The molecule has 0 amide bonds. The first-order chi connectivity index (χ1) is 5.35. The van der Waals surface area contributed by atoms with Gasteiger partial charge in [-0.05, 0) is 25.2 Å². The average Bonchev–Trinajstić information content (AvgIpc) is 2.05. The number of fused-ring (bicyclic) bond motifs is 2. The van der Waals surface area contributed by atoms with Crippen LogP contribution in [0.15, 0.2) is 0 Å². The first-order valence-electron chi connectivity index (χ1n) is 4.62. The van der Waals surface area contributed by atoms with Crippen molar-refractivity contribution in [3.8, 4) is 0 Å². The Morgan fingerprint density at radius 3 is 3.00 bits per heavy atom. The van der Waals surface area contributed by atoms with Gasteiger partial charge in [0.2, 0.25) is 0 Å². The van der Waals surface area contributed by atoms with Crippen LogP contribution in [0.4, 0.5) is 0 Å². The van der Waals surface area contributed by atoms with Crippen LogP contribution in [-0.2, 0) is 4.74 Å². The summed E-state index contributed by atoms with van der Waals surface area (Å²) < 4.78 is 5.55. The zero-order valence-corrected chi connectivity index (χ0v) is 8.24. The number of ether oxygens (including phenoxy) is 1. The van der Waals surface area contributed by atoms with Gasteiger partial charge in [-0.1, -0.05) is 6.42 Å². The summed E-state index contributed by atoms with van der Waals surface area (Å²) in [6, 6.07) is 0. The van der Waals surface area contributed by atoms with Crippen molar-refractivity contribution in [3.05, 3.63) is 0 Å². The molecule has 2 fully saturated rings. The fourth-order valence-corrected chi connectivity index (χ4v) is 2.54. The molecule has 2 bridgehead atoms. The molecular formula is C9H18ClNO. The first kappa shape index (κ1) is 10.3. The molecule has 2 atom stereocenters. The molecule has 1 saturated heterocycles. The molecule has 2 aliphatic rings. The van der Waals surface area contributed by atoms with Crippen LogP contribution >= 0.6 is 12.4 Å². The molecular weight excluding hydrogens is 174 g/mol. The van der Waals surface area contributed by atoms with Crippen LogP contribution in [0.1, 0.15) is 25.7 Å². The van der Waals surface area contributed by atoms with Crippen molar-refractivity contribution in [1.82, 2.24) is 0 Å². The Bertz CT molecular complexity index is 141. The normalized spacial score (nSPS) is 40.2. The van der Waals surface area contributed by atoms with Crippen LogP contribution < -0.4 is 5.73 Å². The fourth-order valence-electron chi connectivity index (χ4n) is 2.54. The van der Waals surface area contributed by atoms with Crippen LogP contribution in [0, 0.1) is 11.3 Å². The lowest BCUT2D eigenvalue weighted by Crippen LogP contribution is -2.44. The summed E-state index contributed by atoms with van der Waals surface area (Å²) in [5, 5.41) is 0. The lowest BCUT2D eigenvalue weighted by molar-refractivity contribution is -0.0649. The van der Waals surface area contributed by atoms with Crippen LogP contribution in [0.3, 0.4) is 0 Å². The highest BCUT2D eigenvalue weighted by Gasteiger charge is 2.38. The van der Waals surface area contributed by atoms with Gasteiger partial charge in [0, 0.05) is 18.6 Å². The van der Waals surface area contributed by atoms with Gasteiger partial charge >= 0.3 is 0 Å². The summed E-state index contributed by atoms with van der Waals surface area (Å²) in [5.41, 5.74) is 6.14. The van der Waals surface area contributed by atoms with E-state index in [0.29, 0.717) is 5.41 Å². The number of hydrogen-bond acceptors (Lipinski definition) is 2. The molecule has 1 aliphatic heterocycles. The number of halogens is 1. The van der Waals surface area contributed by atoms with Gasteiger partial charge in [-0.25, -0.2) is 0 Å². The third-order valence-corrected chi connectivity index (χ3v) is 3.24. The second kappa shape index (κ2) is 3.95. The minimum atomic E-state index is 0. The van der Waals surface area contributed by atoms with Crippen LogP contribution in [0.2, 0.25) is 0 Å². The predicted molar refractivity (Wildman–Crippen MR) is 51.5 cm³/mol. The highest BCUT2D eigenvalue weighted by molar-refractivity contribution is 5.85. The highest BCUT2D eigenvalue weighted by Crippen LogP contribution is 2.42. The minimum absolute atomic E-state index is 0. The van der Waals surface area contributed by atoms with Gasteiger partial charge in [-0.3, -0.25) is 0 Å². The summed E-state index contributed by atoms with van der Waals surface area (Å²) in [6.07, 6.45) is 5.34.